The zero-order chi connectivity index (χ0) is 40.1. The van der Waals surface area contributed by atoms with E-state index in [1.807, 2.05) is 0 Å². The summed E-state index contributed by atoms with van der Waals surface area (Å²) < 4.78 is 0. The summed E-state index contributed by atoms with van der Waals surface area (Å²) in [5.41, 5.74) is 0. The van der Waals surface area contributed by atoms with E-state index >= 15 is 0 Å². The van der Waals surface area contributed by atoms with Gasteiger partial charge in [0.25, 0.3) is 0 Å². The Labute approximate surface area is 353 Å². The Morgan fingerprint density at radius 2 is 0.255 bits per heavy atom. The number of hydrogen-bond donors (Lipinski definition) is 1. The zero-order valence-corrected chi connectivity index (χ0v) is 39.9. The minimum absolute atomic E-state index is 1.25. The van der Waals surface area contributed by atoms with Gasteiger partial charge in [0, 0.05) is 0 Å². The van der Waals surface area contributed by atoms with Crippen molar-refractivity contribution in [3.05, 3.63) is 0 Å². The van der Waals surface area contributed by atoms with Crippen molar-refractivity contribution in [1.82, 2.24) is 5.32 Å². The third kappa shape index (κ3) is 60.8. The molecule has 0 aliphatic heterocycles. The van der Waals surface area contributed by atoms with Gasteiger partial charge >= 0.3 is 0 Å². The summed E-state index contributed by atoms with van der Waals surface area (Å²) in [6.45, 7) is 11.7. The van der Waals surface area contributed by atoms with Gasteiger partial charge in [-0.2, -0.15) is 0 Å². The molecule has 0 aromatic heterocycles. The Morgan fingerprint density at radius 3 is 0.382 bits per heavy atom. The molecule has 55 heavy (non-hydrogen) atoms. The van der Waals surface area contributed by atoms with E-state index in [1.165, 1.54) is 321 Å². The molecule has 1 nitrogen and oxygen atoms in total. The first kappa shape index (κ1) is 57.1. The number of nitrogens with one attached hydrogen (secondary N) is 1. The van der Waals surface area contributed by atoms with Crippen molar-refractivity contribution in [3.8, 4) is 0 Å². The fourth-order valence-corrected chi connectivity index (χ4v) is 8.34. The van der Waals surface area contributed by atoms with E-state index in [-0.39, 0.29) is 0 Å². The summed E-state index contributed by atoms with van der Waals surface area (Å²) in [6, 6.07) is 0. The molecule has 0 heterocycles. The topological polar surface area (TPSA) is 12.0 Å². The normalized spacial score (nSPS) is 11.3. The molecule has 0 aromatic carbocycles. The Bertz CT molecular complexity index is 536. The summed E-state index contributed by atoms with van der Waals surface area (Å²) >= 11 is 0. The van der Waals surface area contributed by atoms with Gasteiger partial charge in [-0.3, -0.25) is 0 Å². The van der Waals surface area contributed by atoms with Crippen LogP contribution in [0.15, 0.2) is 0 Å². The van der Waals surface area contributed by atoms with Crippen LogP contribution in [0.4, 0.5) is 0 Å². The van der Waals surface area contributed by atoms with Crippen molar-refractivity contribution < 1.29 is 0 Å². The second kappa shape index (κ2) is 58.3. The van der Waals surface area contributed by atoms with E-state index in [2.05, 4.69) is 33.0 Å². The van der Waals surface area contributed by atoms with Gasteiger partial charge in [0.05, 0.1) is 0 Å². The minimum atomic E-state index is 1.25. The molecule has 0 atom stereocenters. The molecule has 1 heteroatoms. The zero-order valence-electron chi connectivity index (χ0n) is 39.9. The highest BCUT2D eigenvalue weighted by Crippen LogP contribution is 2.16. The molecule has 0 unspecified atom stereocenters. The van der Waals surface area contributed by atoms with E-state index in [0.717, 1.165) is 0 Å². The molecule has 0 saturated heterocycles. The van der Waals surface area contributed by atoms with Gasteiger partial charge in [-0.1, -0.05) is 323 Å². The van der Waals surface area contributed by atoms with Crippen LogP contribution in [0.2, 0.25) is 0 Å². The maximum atomic E-state index is 3.68. The van der Waals surface area contributed by atoms with Gasteiger partial charge in [0.1, 0.15) is 0 Å². The van der Waals surface area contributed by atoms with Gasteiger partial charge < -0.3 is 5.32 Å². The molecule has 0 saturated carbocycles. The average Bonchev–Trinajstić information content (AvgIpc) is 3.20. The van der Waals surface area contributed by atoms with Crippen molar-refractivity contribution in [2.45, 2.75) is 336 Å². The van der Waals surface area contributed by atoms with Crippen LogP contribution in [-0.2, 0) is 0 Å². The van der Waals surface area contributed by atoms with Crippen LogP contribution >= 0.6 is 0 Å². The molecular formula is C54H113N. The van der Waals surface area contributed by atoms with Crippen molar-refractivity contribution in [2.75, 3.05) is 13.1 Å². The van der Waals surface area contributed by atoms with Crippen molar-refractivity contribution >= 4 is 0 Å². The first-order chi connectivity index (χ1) is 27.3. The molecule has 0 rings (SSSR count). The molecule has 0 amide bonds. The lowest BCUT2D eigenvalue weighted by atomic mass is 10.0. The predicted octanol–water partition coefficient (Wildman–Crippen LogP) is 20.4. The third-order valence-electron chi connectivity index (χ3n) is 12.4. The maximum absolute atomic E-state index is 3.68. The van der Waals surface area contributed by atoms with Crippen LogP contribution in [0.1, 0.15) is 336 Å². The fourth-order valence-electron chi connectivity index (χ4n) is 8.34. The molecule has 334 valence electrons. The molecule has 0 aliphatic rings. The SMILES string of the molecule is CCCCCCCCCCCCCCCCCC.CCCCCCCCCCCCCCCCCCNCCCCCCCCCCCCCCCCCC. The van der Waals surface area contributed by atoms with E-state index < -0.39 is 0 Å². The van der Waals surface area contributed by atoms with Gasteiger partial charge in [0.2, 0.25) is 0 Å². The largest absolute Gasteiger partial charge is 0.317 e. The lowest BCUT2D eigenvalue weighted by molar-refractivity contribution is 0.515. The molecular weight excluding hydrogens is 663 g/mol. The van der Waals surface area contributed by atoms with Gasteiger partial charge in [-0.05, 0) is 25.9 Å². The first-order valence-corrected chi connectivity index (χ1v) is 27.0. The van der Waals surface area contributed by atoms with Gasteiger partial charge in [0.15, 0.2) is 0 Å². The minimum Gasteiger partial charge on any atom is -0.317 e. The molecule has 0 aliphatic carbocycles. The Hall–Kier alpha value is -0.0400. The smallest absolute Gasteiger partial charge is 0.00489 e. The third-order valence-corrected chi connectivity index (χ3v) is 12.4. The lowest BCUT2D eigenvalue weighted by Gasteiger charge is -2.06. The Balaban J connectivity index is 0. The number of hydrogen-bond acceptors (Lipinski definition) is 1. The maximum Gasteiger partial charge on any atom is -0.00489 e. The Kier molecular flexibility index (Phi) is 60.5. The second-order valence-electron chi connectivity index (χ2n) is 18.3. The highest BCUT2D eigenvalue weighted by atomic mass is 14.8. The van der Waals surface area contributed by atoms with Crippen LogP contribution < -0.4 is 5.32 Å². The molecule has 0 bridgehead atoms. The van der Waals surface area contributed by atoms with Crippen molar-refractivity contribution in [3.63, 3.8) is 0 Å². The van der Waals surface area contributed by atoms with E-state index in [0.29, 0.717) is 0 Å². The molecule has 1 N–H and O–H groups in total. The lowest BCUT2D eigenvalue weighted by Crippen LogP contribution is -2.16. The van der Waals surface area contributed by atoms with E-state index in [9.17, 15) is 0 Å². The molecule has 0 radical (unpaired) electrons. The second-order valence-corrected chi connectivity index (χ2v) is 18.3. The molecule has 0 spiro atoms. The van der Waals surface area contributed by atoms with Crippen LogP contribution in [0.3, 0.4) is 0 Å². The number of unbranched alkanes of at least 4 members (excludes halogenated alkanes) is 45. The molecule has 0 aromatic rings. The van der Waals surface area contributed by atoms with Gasteiger partial charge in [-0.25, -0.2) is 0 Å². The fraction of sp³-hybridized carbons (Fsp3) is 1.00. The van der Waals surface area contributed by atoms with Crippen LogP contribution in [-0.4, -0.2) is 13.1 Å². The standard InChI is InChI=1S/C36H75N.C18H38/c1-3-5-7-9-11-13-15-17-19-21-23-25-27-29-31-33-35-37-36-34-32-30-28-26-24-22-20-18-16-14-12-10-8-6-4-2;1-3-5-7-9-11-13-15-17-18-16-14-12-10-8-6-4-2/h37H,3-36H2,1-2H3;3-18H2,1-2H3. The highest BCUT2D eigenvalue weighted by Gasteiger charge is 1.98. The van der Waals surface area contributed by atoms with Crippen molar-refractivity contribution in [2.24, 2.45) is 0 Å². The average molecular weight is 777 g/mol. The summed E-state index contributed by atoms with van der Waals surface area (Å²) in [6.07, 6.45) is 70.1. The summed E-state index contributed by atoms with van der Waals surface area (Å²) in [7, 11) is 0. The number of rotatable bonds is 49. The first-order valence-electron chi connectivity index (χ1n) is 27.0. The Morgan fingerprint density at radius 1 is 0.145 bits per heavy atom. The van der Waals surface area contributed by atoms with Crippen molar-refractivity contribution in [1.29, 1.82) is 0 Å². The quantitative estimate of drug-likeness (QED) is 0.0607. The predicted molar refractivity (Wildman–Crippen MR) is 257 cm³/mol. The monoisotopic (exact) mass is 776 g/mol. The summed E-state index contributed by atoms with van der Waals surface area (Å²) in [5.74, 6) is 0. The van der Waals surface area contributed by atoms with Crippen LogP contribution in [0.5, 0.6) is 0 Å². The molecule has 0 fully saturated rings. The van der Waals surface area contributed by atoms with E-state index in [1.54, 1.807) is 0 Å². The van der Waals surface area contributed by atoms with Gasteiger partial charge in [-0.15, -0.1) is 0 Å². The highest BCUT2D eigenvalue weighted by molar-refractivity contribution is 4.55. The van der Waals surface area contributed by atoms with E-state index in [4.69, 9.17) is 0 Å². The van der Waals surface area contributed by atoms with Crippen LogP contribution in [0, 0.1) is 0 Å². The summed E-state index contributed by atoms with van der Waals surface area (Å²) in [4.78, 5) is 0. The summed E-state index contributed by atoms with van der Waals surface area (Å²) in [5, 5.41) is 3.68. The van der Waals surface area contributed by atoms with Crippen LogP contribution in [0.25, 0.3) is 0 Å².